The second-order valence-corrected chi connectivity index (χ2v) is 23.4. The fourth-order valence-electron chi connectivity index (χ4n) is 9.95. The van der Waals surface area contributed by atoms with Crippen molar-refractivity contribution in [3.63, 3.8) is 0 Å². The molecule has 0 saturated carbocycles. The molecule has 2 unspecified atom stereocenters. The maximum Gasteiger partial charge on any atom is 0.367 e. The van der Waals surface area contributed by atoms with Gasteiger partial charge in [-0.2, -0.15) is 0 Å². The summed E-state index contributed by atoms with van der Waals surface area (Å²) < 4.78 is 24.8. The first kappa shape index (κ1) is 65.8. The van der Waals surface area contributed by atoms with Crippen LogP contribution in [0.5, 0.6) is 0 Å². The van der Waals surface area contributed by atoms with Crippen molar-refractivity contribution in [2.45, 2.75) is 303 Å². The Morgan fingerprint density at radius 3 is 0.701 bits per heavy atom. The number of hydrogen-bond donors (Lipinski definition) is 0. The van der Waals surface area contributed by atoms with Gasteiger partial charge >= 0.3 is 11.9 Å². The number of carbonyl (C=O) groups excluding carboxylic acids is 2. The number of nitrogens with zero attached hydrogens (tertiary/aromatic N) is 2. The zero-order valence-electron chi connectivity index (χ0n) is 47.5. The highest BCUT2D eigenvalue weighted by atomic mass is 16.5. The van der Waals surface area contributed by atoms with E-state index in [-0.39, 0.29) is 35.2 Å². The van der Waals surface area contributed by atoms with E-state index in [1.165, 1.54) is 207 Å². The lowest BCUT2D eigenvalue weighted by molar-refractivity contribution is -0.928. The van der Waals surface area contributed by atoms with Crippen LogP contribution in [-0.2, 0) is 28.5 Å². The zero-order chi connectivity index (χ0) is 50.1. The summed E-state index contributed by atoms with van der Waals surface area (Å²) in [5.41, 5.74) is -0.681. The molecule has 4 atom stereocenters. The number of rotatable bonds is 48. The summed E-state index contributed by atoms with van der Waals surface area (Å²) in [6.07, 6.45) is 46.2. The van der Waals surface area contributed by atoms with Gasteiger partial charge in [0.05, 0.1) is 65.7 Å². The Morgan fingerprint density at radius 2 is 0.522 bits per heavy atom. The van der Waals surface area contributed by atoms with Crippen LogP contribution >= 0.6 is 0 Å². The molecule has 8 heteroatoms. The maximum atomic E-state index is 13.5. The van der Waals surface area contributed by atoms with Gasteiger partial charge in [-0.05, 0) is 86.5 Å². The Labute approximate surface area is 419 Å². The predicted octanol–water partition coefficient (Wildman–Crippen LogP) is 16.3. The number of unbranched alkanes of at least 4 members (excludes halogenated alkanes) is 32. The molecule has 0 N–H and O–H groups in total. The Hall–Kier alpha value is -1.22. The van der Waals surface area contributed by atoms with Gasteiger partial charge in [0, 0.05) is 0 Å². The molecule has 0 bridgehead atoms. The van der Waals surface area contributed by atoms with Gasteiger partial charge in [-0.3, -0.25) is 0 Å². The molecular weight excluding hydrogens is 833 g/mol. The quantitative estimate of drug-likeness (QED) is 0.0344. The van der Waals surface area contributed by atoms with Gasteiger partial charge in [0.25, 0.3) is 0 Å². The highest BCUT2D eigenvalue weighted by molar-refractivity contribution is 5.75. The van der Waals surface area contributed by atoms with Crippen molar-refractivity contribution in [2.24, 2.45) is 0 Å². The Morgan fingerprint density at radius 1 is 0.343 bits per heavy atom. The van der Waals surface area contributed by atoms with Gasteiger partial charge < -0.3 is 27.9 Å². The number of likely N-dealkylation sites (N-methyl/N-ethyl adjacent to an activating group) is 2. The zero-order valence-corrected chi connectivity index (χ0v) is 47.5. The second kappa shape index (κ2) is 41.4. The predicted molar refractivity (Wildman–Crippen MR) is 288 cm³/mol. The molecule has 0 rings (SSSR count). The molecule has 0 aliphatic rings. The monoisotopic (exact) mass is 953 g/mol. The SMILES string of the molecule is CCCCCCCCCCCCCCCCCC[N+](C)(CCCCC[N+](C)(CCCCCCCCCCCCCCCCCC)[C@@H](COC(C)(C)C)C(=O)OC)[C@@H](COC(C)(C)C)C(=O)OC. The summed E-state index contributed by atoms with van der Waals surface area (Å²) >= 11 is 0. The van der Waals surface area contributed by atoms with E-state index in [4.69, 9.17) is 18.9 Å². The molecule has 0 aromatic carbocycles. The first-order valence-electron chi connectivity index (χ1n) is 29.1. The van der Waals surface area contributed by atoms with Crippen molar-refractivity contribution in [3.8, 4) is 0 Å². The number of hydrogen-bond acceptors (Lipinski definition) is 6. The molecule has 0 spiro atoms. The van der Waals surface area contributed by atoms with Crippen molar-refractivity contribution in [3.05, 3.63) is 0 Å². The largest absolute Gasteiger partial charge is 0.465 e. The van der Waals surface area contributed by atoms with Crippen molar-refractivity contribution in [2.75, 3.05) is 67.7 Å². The van der Waals surface area contributed by atoms with Crippen LogP contribution in [0.15, 0.2) is 0 Å². The first-order valence-corrected chi connectivity index (χ1v) is 29.1. The topological polar surface area (TPSA) is 71.1 Å². The van der Waals surface area contributed by atoms with E-state index in [1.807, 2.05) is 0 Å². The maximum absolute atomic E-state index is 13.5. The molecule has 8 nitrogen and oxygen atoms in total. The Bertz CT molecular complexity index is 1050. The molecule has 0 amide bonds. The number of esters is 2. The summed E-state index contributed by atoms with van der Waals surface area (Å²) in [5.74, 6) is -0.350. The minimum absolute atomic E-state index is 0.175. The van der Waals surface area contributed by atoms with Gasteiger partial charge in [-0.25, -0.2) is 9.59 Å². The molecule has 0 aliphatic carbocycles. The summed E-state index contributed by atoms with van der Waals surface area (Å²) in [6, 6.07) is -0.732. The van der Waals surface area contributed by atoms with Gasteiger partial charge in [0.2, 0.25) is 12.1 Å². The van der Waals surface area contributed by atoms with Gasteiger partial charge in [-0.1, -0.05) is 194 Å². The minimum atomic E-state index is -0.366. The van der Waals surface area contributed by atoms with Crippen LogP contribution in [0.1, 0.15) is 280 Å². The molecule has 0 fully saturated rings. The third kappa shape index (κ3) is 37.3. The van der Waals surface area contributed by atoms with E-state index in [0.717, 1.165) is 58.3 Å². The number of quaternary nitrogens is 2. The van der Waals surface area contributed by atoms with Gasteiger partial charge in [-0.15, -0.1) is 0 Å². The van der Waals surface area contributed by atoms with E-state index >= 15 is 0 Å². The molecular formula is C59H120N2O6+2. The summed E-state index contributed by atoms with van der Waals surface area (Å²) in [4.78, 5) is 27.0. The number of methoxy groups -OCH3 is 2. The Balaban J connectivity index is 5.30. The molecule has 0 radical (unpaired) electrons. The smallest absolute Gasteiger partial charge is 0.367 e. The van der Waals surface area contributed by atoms with Crippen LogP contribution < -0.4 is 0 Å². The lowest BCUT2D eigenvalue weighted by Crippen LogP contribution is -2.60. The van der Waals surface area contributed by atoms with Crippen molar-refractivity contribution in [1.82, 2.24) is 0 Å². The van der Waals surface area contributed by atoms with Crippen molar-refractivity contribution >= 4 is 11.9 Å². The third-order valence-electron chi connectivity index (χ3n) is 14.7. The van der Waals surface area contributed by atoms with Crippen LogP contribution in [0.25, 0.3) is 0 Å². The average Bonchev–Trinajstić information content (AvgIpc) is 3.27. The summed E-state index contributed by atoms with van der Waals surface area (Å²) in [5, 5.41) is 0. The van der Waals surface area contributed by atoms with E-state index in [2.05, 4.69) is 69.5 Å². The fourth-order valence-corrected chi connectivity index (χ4v) is 9.95. The van der Waals surface area contributed by atoms with E-state index < -0.39 is 0 Å². The normalized spacial score (nSPS) is 15.0. The molecule has 0 aliphatic heterocycles. The lowest BCUT2D eigenvalue weighted by atomic mass is 10.0. The third-order valence-corrected chi connectivity index (χ3v) is 14.7. The standard InChI is InChI=1S/C59H120N2O6/c1-13-15-17-19-21-23-25-27-29-31-33-35-37-39-41-44-48-60(9,54(56(62)64-11)52-66-58(3,4)5)50-46-43-47-51-61(10,55(57(63)65-12)53-67-59(6,7)8)49-45-42-40-38-36-34-32-30-28-26-24-22-20-18-16-14-2/h54-55H,13-53H2,1-12H3/q+2/t54-,55-,60?,61?/m0/s1. The fraction of sp³-hybridized carbons (Fsp3) is 0.966. The highest BCUT2D eigenvalue weighted by Crippen LogP contribution is 2.24. The molecule has 0 saturated heterocycles. The van der Waals surface area contributed by atoms with Crippen LogP contribution in [0, 0.1) is 0 Å². The molecule has 0 aromatic rings. The van der Waals surface area contributed by atoms with Crippen molar-refractivity contribution in [1.29, 1.82) is 0 Å². The van der Waals surface area contributed by atoms with E-state index in [9.17, 15) is 9.59 Å². The van der Waals surface area contributed by atoms with Crippen LogP contribution in [0.4, 0.5) is 0 Å². The highest BCUT2D eigenvalue weighted by Gasteiger charge is 2.41. The van der Waals surface area contributed by atoms with Gasteiger partial charge in [0.15, 0.2) is 0 Å². The molecule has 0 aromatic heterocycles. The second-order valence-electron chi connectivity index (χ2n) is 23.4. The first-order chi connectivity index (χ1) is 32.0. The number of carbonyl (C=O) groups is 2. The number of ether oxygens (including phenoxy) is 4. The summed E-state index contributed by atoms with van der Waals surface area (Å²) in [6.45, 7) is 21.3. The van der Waals surface area contributed by atoms with Crippen LogP contribution in [0.2, 0.25) is 0 Å². The Kier molecular flexibility index (Phi) is 40.6. The lowest BCUT2D eigenvalue weighted by Gasteiger charge is -2.42. The summed E-state index contributed by atoms with van der Waals surface area (Å²) in [7, 11) is 7.55. The van der Waals surface area contributed by atoms with E-state index in [1.54, 1.807) is 0 Å². The molecule has 0 heterocycles. The van der Waals surface area contributed by atoms with Crippen LogP contribution in [0.3, 0.4) is 0 Å². The van der Waals surface area contributed by atoms with Crippen LogP contribution in [-0.4, -0.2) is 112 Å². The average molecular weight is 954 g/mol. The van der Waals surface area contributed by atoms with Gasteiger partial charge in [0.1, 0.15) is 13.2 Å². The minimum Gasteiger partial charge on any atom is -0.465 e. The molecule has 400 valence electrons. The van der Waals surface area contributed by atoms with Crippen molar-refractivity contribution < 1.29 is 37.5 Å². The molecule has 67 heavy (non-hydrogen) atoms. The van der Waals surface area contributed by atoms with E-state index in [0.29, 0.717) is 22.2 Å².